The Morgan fingerprint density at radius 1 is 1.48 bits per heavy atom. The zero-order valence-electron chi connectivity index (χ0n) is 11.8. The number of aromatic nitrogens is 1. The quantitative estimate of drug-likeness (QED) is 0.894. The van der Waals surface area contributed by atoms with E-state index in [1.807, 2.05) is 12.0 Å². The van der Waals surface area contributed by atoms with Crippen LogP contribution in [-0.2, 0) is 6.61 Å². The molecule has 0 bridgehead atoms. The van der Waals surface area contributed by atoms with Gasteiger partial charge in [-0.3, -0.25) is 0 Å². The van der Waals surface area contributed by atoms with E-state index in [1.165, 1.54) is 17.5 Å². The van der Waals surface area contributed by atoms with Crippen LogP contribution in [0.25, 0.3) is 10.4 Å². The van der Waals surface area contributed by atoms with Crippen molar-refractivity contribution in [3.63, 3.8) is 0 Å². The van der Waals surface area contributed by atoms with Gasteiger partial charge >= 0.3 is 0 Å². The second-order valence-electron chi connectivity index (χ2n) is 5.46. The second-order valence-corrected chi connectivity index (χ2v) is 6.55. The first-order chi connectivity index (χ1) is 10.3. The number of aliphatic hydroxyl groups excluding tert-OH is 1. The molecule has 1 atom stereocenters. The van der Waals surface area contributed by atoms with Gasteiger partial charge in [0.2, 0.25) is 0 Å². The number of hydrogen-bond acceptors (Lipinski definition) is 5. The number of hydrazine groups is 1. The molecule has 21 heavy (non-hydrogen) atoms. The molecule has 6 heteroatoms. The standard InChI is InChI=1S/C15H17N4OS/c1-9-15(21-14(8-20)17-9)10-4-5-12-11(7-10)13-3-2-6-16-19(13)18-12/h4-5,7,13,16,20H,2-3,6,8H2,1H3/t13-/m1/s1. The Balaban J connectivity index is 1.74. The summed E-state index contributed by atoms with van der Waals surface area (Å²) in [6, 6.07) is 6.77. The SMILES string of the molecule is Cc1nc(CO)sc1-c1ccc2c(c1)[C@H]1CCCNN1[N]2. The first-order valence-electron chi connectivity index (χ1n) is 7.22. The van der Waals surface area contributed by atoms with Crippen LogP contribution in [0.15, 0.2) is 18.2 Å². The maximum atomic E-state index is 9.25. The summed E-state index contributed by atoms with van der Waals surface area (Å²) in [6.07, 6.45) is 2.31. The van der Waals surface area contributed by atoms with Gasteiger partial charge in [-0.15, -0.1) is 16.5 Å². The minimum absolute atomic E-state index is 0.00606. The van der Waals surface area contributed by atoms with Gasteiger partial charge in [0, 0.05) is 12.1 Å². The topological polar surface area (TPSA) is 62.5 Å². The van der Waals surface area contributed by atoms with E-state index in [-0.39, 0.29) is 6.61 Å². The Kier molecular flexibility index (Phi) is 3.19. The Labute approximate surface area is 127 Å². The van der Waals surface area contributed by atoms with Crippen LogP contribution in [0.3, 0.4) is 0 Å². The van der Waals surface area contributed by atoms with Crippen molar-refractivity contribution >= 4 is 17.0 Å². The molecule has 1 aromatic heterocycles. The van der Waals surface area contributed by atoms with Crippen LogP contribution in [0.4, 0.5) is 5.69 Å². The van der Waals surface area contributed by atoms with Crippen LogP contribution in [0, 0.1) is 6.92 Å². The van der Waals surface area contributed by atoms with Gasteiger partial charge in [-0.2, -0.15) is 5.43 Å². The minimum atomic E-state index is 0.00606. The van der Waals surface area contributed by atoms with Gasteiger partial charge in [-0.25, -0.2) is 10.4 Å². The van der Waals surface area contributed by atoms with E-state index in [1.54, 1.807) is 11.3 Å². The van der Waals surface area contributed by atoms with Crippen molar-refractivity contribution in [3.05, 3.63) is 34.5 Å². The molecule has 5 nitrogen and oxygen atoms in total. The minimum Gasteiger partial charge on any atom is -0.389 e. The Bertz CT molecular complexity index is 684. The van der Waals surface area contributed by atoms with Crippen molar-refractivity contribution in [2.45, 2.75) is 32.4 Å². The van der Waals surface area contributed by atoms with E-state index in [4.69, 9.17) is 0 Å². The molecule has 1 fully saturated rings. The molecular weight excluding hydrogens is 284 g/mol. The summed E-state index contributed by atoms with van der Waals surface area (Å²) in [5, 5.41) is 12.0. The van der Waals surface area contributed by atoms with Crippen LogP contribution in [0.1, 0.15) is 35.1 Å². The van der Waals surface area contributed by atoms with E-state index >= 15 is 0 Å². The molecule has 2 aliphatic rings. The number of thiazole rings is 1. The second kappa shape index (κ2) is 5.06. The number of aryl methyl sites for hydroxylation is 1. The molecule has 0 saturated carbocycles. The number of nitrogens with zero attached hydrogens (tertiary/aromatic N) is 3. The predicted molar refractivity (Wildman–Crippen MR) is 81.8 cm³/mol. The molecule has 2 N–H and O–H groups in total. The summed E-state index contributed by atoms with van der Waals surface area (Å²) < 4.78 is 0. The molecule has 1 aromatic carbocycles. The monoisotopic (exact) mass is 301 g/mol. The van der Waals surface area contributed by atoms with Crippen LogP contribution >= 0.6 is 11.3 Å². The largest absolute Gasteiger partial charge is 0.389 e. The van der Waals surface area contributed by atoms with Gasteiger partial charge in [0.1, 0.15) is 5.01 Å². The van der Waals surface area contributed by atoms with Gasteiger partial charge < -0.3 is 5.11 Å². The van der Waals surface area contributed by atoms with Gasteiger partial charge in [0.25, 0.3) is 0 Å². The molecule has 0 aliphatic carbocycles. The molecular formula is C15H17N4OS. The number of hydrogen-bond donors (Lipinski definition) is 2. The van der Waals surface area contributed by atoms with E-state index in [0.29, 0.717) is 6.04 Å². The molecule has 109 valence electrons. The summed E-state index contributed by atoms with van der Waals surface area (Å²) in [5.74, 6) is 0. The van der Waals surface area contributed by atoms with E-state index < -0.39 is 0 Å². The van der Waals surface area contributed by atoms with Crippen molar-refractivity contribution in [1.29, 1.82) is 0 Å². The highest BCUT2D eigenvalue weighted by Gasteiger charge is 2.34. The summed E-state index contributed by atoms with van der Waals surface area (Å²) >= 11 is 1.57. The molecule has 4 rings (SSSR count). The zero-order valence-corrected chi connectivity index (χ0v) is 12.7. The molecule has 1 radical (unpaired) electrons. The molecule has 2 aromatic rings. The Hall–Kier alpha value is -1.47. The number of aliphatic hydroxyl groups is 1. The first-order valence-corrected chi connectivity index (χ1v) is 8.04. The fourth-order valence-corrected chi connectivity index (χ4v) is 3.99. The lowest BCUT2D eigenvalue weighted by Gasteiger charge is -2.28. The predicted octanol–water partition coefficient (Wildman–Crippen LogP) is 2.42. The number of nitrogens with one attached hydrogen (secondary N) is 1. The smallest absolute Gasteiger partial charge is 0.119 e. The third-order valence-corrected chi connectivity index (χ3v) is 5.25. The van der Waals surface area contributed by atoms with Crippen molar-refractivity contribution < 1.29 is 5.11 Å². The maximum absolute atomic E-state index is 9.25. The van der Waals surface area contributed by atoms with Gasteiger partial charge in [-0.05, 0) is 37.5 Å². The number of benzene rings is 1. The Morgan fingerprint density at radius 3 is 3.19 bits per heavy atom. The van der Waals surface area contributed by atoms with Crippen molar-refractivity contribution in [3.8, 4) is 10.4 Å². The lowest BCUT2D eigenvalue weighted by atomic mass is 9.98. The lowest BCUT2D eigenvalue weighted by Crippen LogP contribution is -2.44. The third-order valence-electron chi connectivity index (χ3n) is 4.06. The summed E-state index contributed by atoms with van der Waals surface area (Å²) in [7, 11) is 0. The maximum Gasteiger partial charge on any atom is 0.119 e. The Morgan fingerprint density at radius 2 is 2.38 bits per heavy atom. The van der Waals surface area contributed by atoms with E-state index in [2.05, 4.69) is 34.0 Å². The molecule has 2 aliphatic heterocycles. The highest BCUT2D eigenvalue weighted by atomic mass is 32.1. The van der Waals surface area contributed by atoms with Gasteiger partial charge in [0.05, 0.1) is 28.9 Å². The van der Waals surface area contributed by atoms with Crippen LogP contribution in [-0.4, -0.2) is 21.8 Å². The van der Waals surface area contributed by atoms with E-state index in [9.17, 15) is 5.11 Å². The summed E-state index contributed by atoms with van der Waals surface area (Å²) in [4.78, 5) is 5.55. The number of rotatable bonds is 2. The molecule has 0 amide bonds. The normalized spacial score (nSPS) is 21.0. The average molecular weight is 301 g/mol. The first kappa shape index (κ1) is 13.2. The zero-order chi connectivity index (χ0) is 14.4. The average Bonchev–Trinajstić information content (AvgIpc) is 3.07. The third kappa shape index (κ3) is 2.15. The molecule has 3 heterocycles. The van der Waals surface area contributed by atoms with Gasteiger partial charge in [0.15, 0.2) is 0 Å². The fraction of sp³-hybridized carbons (Fsp3) is 0.400. The van der Waals surface area contributed by atoms with Crippen molar-refractivity contribution in [2.24, 2.45) is 0 Å². The fourth-order valence-electron chi connectivity index (χ4n) is 3.07. The molecule has 1 saturated heterocycles. The van der Waals surface area contributed by atoms with Crippen LogP contribution < -0.4 is 10.9 Å². The summed E-state index contributed by atoms with van der Waals surface area (Å²) in [6.45, 7) is 3.00. The van der Waals surface area contributed by atoms with E-state index in [0.717, 1.165) is 34.2 Å². The summed E-state index contributed by atoms with van der Waals surface area (Å²) in [5.41, 5.74) is 12.5. The van der Waals surface area contributed by atoms with Crippen LogP contribution in [0.5, 0.6) is 0 Å². The lowest BCUT2D eigenvalue weighted by molar-refractivity contribution is 0.0627. The van der Waals surface area contributed by atoms with Crippen LogP contribution in [0.2, 0.25) is 0 Å². The van der Waals surface area contributed by atoms with Crippen molar-refractivity contribution in [2.75, 3.05) is 6.54 Å². The molecule has 0 unspecified atom stereocenters. The van der Waals surface area contributed by atoms with Crippen molar-refractivity contribution in [1.82, 2.24) is 21.0 Å². The highest BCUT2D eigenvalue weighted by Crippen LogP contribution is 2.41. The highest BCUT2D eigenvalue weighted by molar-refractivity contribution is 7.15. The number of fused-ring (bicyclic) bond motifs is 3. The molecule has 0 spiro atoms. The van der Waals surface area contributed by atoms with Gasteiger partial charge in [-0.1, -0.05) is 6.07 Å².